The number of carbonyl (C=O) groups is 1. The molecular formula is C15H16O2S. The zero-order chi connectivity index (χ0) is 13.0. The number of carbonyl (C=O) groups excluding carboxylic acids is 1. The maximum absolute atomic E-state index is 12.2. The van der Waals surface area contributed by atoms with Crippen LogP contribution >= 0.6 is 11.8 Å². The minimum Gasteiger partial charge on any atom is -0.468 e. The number of hydrogen-bond acceptors (Lipinski definition) is 3. The molecule has 1 unspecified atom stereocenters. The summed E-state index contributed by atoms with van der Waals surface area (Å²) in [6.07, 6.45) is 1.66. The molecule has 0 fully saturated rings. The predicted octanol–water partition coefficient (Wildman–Crippen LogP) is 4.09. The van der Waals surface area contributed by atoms with Gasteiger partial charge in [0.05, 0.1) is 17.3 Å². The molecule has 0 aliphatic heterocycles. The van der Waals surface area contributed by atoms with Crippen molar-refractivity contribution in [2.45, 2.75) is 24.9 Å². The molecule has 2 nitrogen and oxygen atoms in total. The van der Waals surface area contributed by atoms with Crippen molar-refractivity contribution in [3.63, 3.8) is 0 Å². The van der Waals surface area contributed by atoms with Crippen molar-refractivity contribution in [3.05, 3.63) is 59.5 Å². The summed E-state index contributed by atoms with van der Waals surface area (Å²) in [4.78, 5) is 12.2. The summed E-state index contributed by atoms with van der Waals surface area (Å²) in [6.45, 7) is 3.96. The van der Waals surface area contributed by atoms with E-state index in [0.29, 0.717) is 0 Å². The van der Waals surface area contributed by atoms with Crippen LogP contribution in [-0.2, 0) is 5.75 Å². The van der Waals surface area contributed by atoms with Crippen molar-refractivity contribution in [3.8, 4) is 0 Å². The van der Waals surface area contributed by atoms with E-state index in [4.69, 9.17) is 4.42 Å². The van der Waals surface area contributed by atoms with Crippen LogP contribution in [0.4, 0.5) is 0 Å². The van der Waals surface area contributed by atoms with Crippen molar-refractivity contribution in [1.82, 2.24) is 0 Å². The second kappa shape index (κ2) is 5.91. The van der Waals surface area contributed by atoms with Gasteiger partial charge in [0.25, 0.3) is 0 Å². The molecule has 94 valence electrons. The first kappa shape index (κ1) is 13.0. The number of ketones is 1. The molecule has 0 radical (unpaired) electrons. The molecular weight excluding hydrogens is 244 g/mol. The molecule has 1 aromatic heterocycles. The van der Waals surface area contributed by atoms with Crippen molar-refractivity contribution in [2.75, 3.05) is 0 Å². The van der Waals surface area contributed by atoms with Gasteiger partial charge in [0.1, 0.15) is 5.76 Å². The smallest absolute Gasteiger partial charge is 0.175 e. The van der Waals surface area contributed by atoms with E-state index in [2.05, 4.69) is 0 Å². The fraction of sp³-hybridized carbons (Fsp3) is 0.267. The third-order valence-electron chi connectivity index (χ3n) is 2.76. The van der Waals surface area contributed by atoms with Crippen LogP contribution in [0.3, 0.4) is 0 Å². The summed E-state index contributed by atoms with van der Waals surface area (Å²) in [6, 6.07) is 11.5. The highest BCUT2D eigenvalue weighted by molar-refractivity contribution is 7.99. The van der Waals surface area contributed by atoms with Crippen LogP contribution < -0.4 is 0 Å². The molecule has 1 aromatic carbocycles. The van der Waals surface area contributed by atoms with Crippen LogP contribution in [0.2, 0.25) is 0 Å². The second-order valence-electron chi connectivity index (χ2n) is 4.26. The van der Waals surface area contributed by atoms with Gasteiger partial charge in [-0.1, -0.05) is 29.8 Å². The first-order chi connectivity index (χ1) is 8.66. The zero-order valence-corrected chi connectivity index (χ0v) is 11.4. The third kappa shape index (κ3) is 3.26. The van der Waals surface area contributed by atoms with Crippen LogP contribution in [0, 0.1) is 6.92 Å². The summed E-state index contributed by atoms with van der Waals surface area (Å²) in [5.41, 5.74) is 1.95. The number of thioether (sulfide) groups is 1. The lowest BCUT2D eigenvalue weighted by molar-refractivity contribution is 0.0994. The first-order valence-corrected chi connectivity index (χ1v) is 6.96. The van der Waals surface area contributed by atoms with E-state index in [1.165, 1.54) is 5.56 Å². The lowest BCUT2D eigenvalue weighted by Crippen LogP contribution is -2.13. The Balaban J connectivity index is 1.94. The van der Waals surface area contributed by atoms with Crippen LogP contribution in [0.5, 0.6) is 0 Å². The molecule has 3 heteroatoms. The van der Waals surface area contributed by atoms with Crippen LogP contribution in [0.25, 0.3) is 0 Å². The molecule has 1 heterocycles. The van der Waals surface area contributed by atoms with Crippen LogP contribution in [-0.4, -0.2) is 11.0 Å². The van der Waals surface area contributed by atoms with Crippen LogP contribution in [0.15, 0.2) is 47.1 Å². The number of aryl methyl sites for hydroxylation is 1. The predicted molar refractivity (Wildman–Crippen MR) is 75.0 cm³/mol. The summed E-state index contributed by atoms with van der Waals surface area (Å²) < 4.78 is 5.25. The second-order valence-corrected chi connectivity index (χ2v) is 5.59. The average molecular weight is 260 g/mol. The lowest BCUT2D eigenvalue weighted by atomic mass is 10.1. The van der Waals surface area contributed by atoms with Crippen LogP contribution in [0.1, 0.15) is 28.6 Å². The Morgan fingerprint density at radius 3 is 2.61 bits per heavy atom. The molecule has 0 bridgehead atoms. The van der Waals surface area contributed by atoms with Gasteiger partial charge < -0.3 is 4.42 Å². The Hall–Kier alpha value is -1.48. The largest absolute Gasteiger partial charge is 0.468 e. The maximum atomic E-state index is 12.2. The molecule has 2 aromatic rings. The minimum atomic E-state index is -0.0576. The van der Waals surface area contributed by atoms with Gasteiger partial charge in [0.2, 0.25) is 0 Å². The number of benzene rings is 1. The Morgan fingerprint density at radius 2 is 2.00 bits per heavy atom. The van der Waals surface area contributed by atoms with E-state index in [-0.39, 0.29) is 11.0 Å². The summed E-state index contributed by atoms with van der Waals surface area (Å²) in [5, 5.41) is -0.0576. The van der Waals surface area contributed by atoms with Gasteiger partial charge in [-0.25, -0.2) is 0 Å². The van der Waals surface area contributed by atoms with Gasteiger partial charge in [-0.05, 0) is 26.0 Å². The Bertz CT molecular complexity index is 500. The average Bonchev–Trinajstić information content (AvgIpc) is 2.89. The normalized spacial score (nSPS) is 12.3. The Kier molecular flexibility index (Phi) is 4.26. The van der Waals surface area contributed by atoms with Gasteiger partial charge in [-0.2, -0.15) is 0 Å². The summed E-state index contributed by atoms with van der Waals surface area (Å²) in [5.74, 6) is 1.81. The molecule has 0 spiro atoms. The molecule has 0 saturated heterocycles. The van der Waals surface area contributed by atoms with E-state index in [9.17, 15) is 4.79 Å². The summed E-state index contributed by atoms with van der Waals surface area (Å²) in [7, 11) is 0. The lowest BCUT2D eigenvalue weighted by Gasteiger charge is -2.09. The maximum Gasteiger partial charge on any atom is 0.175 e. The molecule has 18 heavy (non-hydrogen) atoms. The number of Topliss-reactive ketones (excluding diaryl/α,β-unsaturated/α-hetero) is 1. The quantitative estimate of drug-likeness (QED) is 0.758. The van der Waals surface area contributed by atoms with Gasteiger partial charge in [0.15, 0.2) is 5.78 Å². The van der Waals surface area contributed by atoms with E-state index < -0.39 is 0 Å². The van der Waals surface area contributed by atoms with Gasteiger partial charge in [-0.15, -0.1) is 11.8 Å². The molecule has 0 aliphatic carbocycles. The van der Waals surface area contributed by atoms with E-state index in [1.807, 2.05) is 50.2 Å². The monoisotopic (exact) mass is 260 g/mol. The molecule has 0 amide bonds. The third-order valence-corrected chi connectivity index (χ3v) is 3.93. The number of hydrogen-bond donors (Lipinski definition) is 0. The zero-order valence-electron chi connectivity index (χ0n) is 10.6. The fourth-order valence-corrected chi connectivity index (χ4v) is 2.50. The molecule has 0 aliphatic rings. The minimum absolute atomic E-state index is 0.0576. The van der Waals surface area contributed by atoms with E-state index in [0.717, 1.165) is 17.1 Å². The number of furan rings is 1. The fourth-order valence-electron chi connectivity index (χ4n) is 1.63. The van der Waals surface area contributed by atoms with Gasteiger partial charge in [0, 0.05) is 5.56 Å². The van der Waals surface area contributed by atoms with Crippen molar-refractivity contribution < 1.29 is 9.21 Å². The molecule has 2 rings (SSSR count). The first-order valence-electron chi connectivity index (χ1n) is 5.91. The Labute approximate surface area is 111 Å². The topological polar surface area (TPSA) is 30.2 Å². The number of rotatable bonds is 5. The highest BCUT2D eigenvalue weighted by Gasteiger charge is 2.15. The van der Waals surface area contributed by atoms with Crippen molar-refractivity contribution in [2.24, 2.45) is 0 Å². The molecule has 1 atom stereocenters. The van der Waals surface area contributed by atoms with E-state index >= 15 is 0 Å². The highest BCUT2D eigenvalue weighted by Crippen LogP contribution is 2.21. The van der Waals surface area contributed by atoms with Crippen molar-refractivity contribution >= 4 is 17.5 Å². The summed E-state index contributed by atoms with van der Waals surface area (Å²) >= 11 is 1.60. The Morgan fingerprint density at radius 1 is 1.28 bits per heavy atom. The molecule has 0 saturated carbocycles. The SMILES string of the molecule is Cc1ccc(C(=O)C(C)SCc2ccco2)cc1. The standard InChI is InChI=1S/C15H16O2S/c1-11-5-7-13(8-6-11)15(16)12(2)18-10-14-4-3-9-17-14/h3-9,12H,10H2,1-2H3. The van der Waals surface area contributed by atoms with Gasteiger partial charge >= 0.3 is 0 Å². The molecule has 0 N–H and O–H groups in total. The van der Waals surface area contributed by atoms with E-state index in [1.54, 1.807) is 18.0 Å². The van der Waals surface area contributed by atoms with Gasteiger partial charge in [-0.3, -0.25) is 4.79 Å². The van der Waals surface area contributed by atoms with Crippen molar-refractivity contribution in [1.29, 1.82) is 0 Å². The highest BCUT2D eigenvalue weighted by atomic mass is 32.2.